The van der Waals surface area contributed by atoms with Crippen LogP contribution in [0.5, 0.6) is 5.75 Å². The Morgan fingerprint density at radius 1 is 1.12 bits per heavy atom. The van der Waals surface area contributed by atoms with Crippen LogP contribution in [0.4, 0.5) is 11.4 Å². The van der Waals surface area contributed by atoms with Crippen LogP contribution in [0.1, 0.15) is 17.3 Å². The number of carbonyl (C=O) groups is 2. The molecule has 7 nitrogen and oxygen atoms in total. The molecule has 0 radical (unpaired) electrons. The van der Waals surface area contributed by atoms with E-state index in [1.807, 2.05) is 0 Å². The molecule has 2 rings (SSSR count). The number of nitro benzene ring substituents is 1. The number of esters is 1. The Morgan fingerprint density at radius 2 is 1.80 bits per heavy atom. The van der Waals surface area contributed by atoms with Crippen LogP contribution in [0.3, 0.4) is 0 Å². The molecule has 2 aromatic rings. The van der Waals surface area contributed by atoms with E-state index in [0.717, 1.165) is 12.1 Å². The quantitative estimate of drug-likeness (QED) is 0.344. The van der Waals surface area contributed by atoms with Gasteiger partial charge in [0.2, 0.25) is 0 Å². The maximum atomic E-state index is 12.5. The number of amides is 1. The van der Waals surface area contributed by atoms with E-state index >= 15 is 0 Å². The zero-order valence-corrected chi connectivity index (χ0v) is 14.8. The highest BCUT2D eigenvalue weighted by Gasteiger charge is 2.20. The topological polar surface area (TPSA) is 98.5 Å². The third-order valence-corrected chi connectivity index (χ3v) is 3.77. The van der Waals surface area contributed by atoms with Crippen LogP contribution in [0.25, 0.3) is 0 Å². The van der Waals surface area contributed by atoms with Gasteiger partial charge < -0.3 is 10.1 Å². The minimum Gasteiger partial charge on any atom is -0.426 e. The summed E-state index contributed by atoms with van der Waals surface area (Å²) in [7, 11) is 0. The summed E-state index contributed by atoms with van der Waals surface area (Å²) in [6, 6.07) is 6.28. The highest BCUT2D eigenvalue weighted by atomic mass is 35.5. The lowest BCUT2D eigenvalue weighted by Crippen LogP contribution is -2.15. The van der Waals surface area contributed by atoms with E-state index in [2.05, 4.69) is 5.32 Å². The maximum absolute atomic E-state index is 12.5. The zero-order chi connectivity index (χ0) is 18.7. The first-order valence-electron chi connectivity index (χ1n) is 6.61. The standard InChI is InChI=1S/C15H9Cl3N2O5/c1-7(21)25-14-3-2-8(16)4-9(14)15(22)19-12-5-11(18)13(20(23)24)6-10(12)17/h2-6H,1H3,(H,19,22). The molecular weight excluding hydrogens is 395 g/mol. The lowest BCUT2D eigenvalue weighted by atomic mass is 10.1. The predicted octanol–water partition coefficient (Wildman–Crippen LogP) is 4.73. The number of nitrogens with one attached hydrogen (secondary N) is 1. The van der Waals surface area contributed by atoms with Gasteiger partial charge in [0.1, 0.15) is 10.8 Å². The number of hydrogen-bond donors (Lipinski definition) is 1. The summed E-state index contributed by atoms with van der Waals surface area (Å²) in [5.41, 5.74) is -0.364. The third kappa shape index (κ3) is 4.60. The van der Waals surface area contributed by atoms with Gasteiger partial charge in [-0.2, -0.15) is 0 Å². The minimum atomic E-state index is -0.699. The molecule has 0 heterocycles. The number of rotatable bonds is 4. The number of nitro groups is 1. The fourth-order valence-electron chi connectivity index (χ4n) is 1.89. The predicted molar refractivity (Wildman–Crippen MR) is 93.8 cm³/mol. The summed E-state index contributed by atoms with van der Waals surface area (Å²) in [5.74, 6) is -1.31. The summed E-state index contributed by atoms with van der Waals surface area (Å²) >= 11 is 17.6. The van der Waals surface area contributed by atoms with E-state index < -0.39 is 22.5 Å². The van der Waals surface area contributed by atoms with Gasteiger partial charge in [0.15, 0.2) is 0 Å². The lowest BCUT2D eigenvalue weighted by molar-refractivity contribution is -0.384. The number of nitrogens with zero attached hydrogens (tertiary/aromatic N) is 1. The number of benzene rings is 2. The smallest absolute Gasteiger partial charge is 0.308 e. The number of anilines is 1. The number of halogens is 3. The van der Waals surface area contributed by atoms with Crippen molar-refractivity contribution in [3.8, 4) is 5.75 Å². The van der Waals surface area contributed by atoms with Crippen LogP contribution in [-0.4, -0.2) is 16.8 Å². The van der Waals surface area contributed by atoms with E-state index in [-0.39, 0.29) is 32.1 Å². The van der Waals surface area contributed by atoms with Crippen LogP contribution < -0.4 is 10.1 Å². The van der Waals surface area contributed by atoms with Crippen LogP contribution in [0.2, 0.25) is 15.1 Å². The van der Waals surface area contributed by atoms with Crippen LogP contribution in [0.15, 0.2) is 30.3 Å². The molecule has 0 fully saturated rings. The average Bonchev–Trinajstić information content (AvgIpc) is 2.51. The molecule has 130 valence electrons. The van der Waals surface area contributed by atoms with Gasteiger partial charge in [-0.05, 0) is 24.3 Å². The molecule has 0 bridgehead atoms. The Kier molecular flexibility index (Phi) is 5.84. The number of hydrogen-bond acceptors (Lipinski definition) is 5. The van der Waals surface area contributed by atoms with Crippen LogP contribution in [-0.2, 0) is 4.79 Å². The lowest BCUT2D eigenvalue weighted by Gasteiger charge is -2.11. The molecule has 0 saturated carbocycles. The van der Waals surface area contributed by atoms with Gasteiger partial charge >= 0.3 is 5.97 Å². The van der Waals surface area contributed by atoms with Crippen molar-refractivity contribution in [3.05, 3.63) is 61.1 Å². The SMILES string of the molecule is CC(=O)Oc1ccc(Cl)cc1C(=O)Nc1cc(Cl)c([N+](=O)[O-])cc1Cl. The van der Waals surface area contributed by atoms with E-state index in [4.69, 9.17) is 39.5 Å². The molecule has 1 N–H and O–H groups in total. The maximum Gasteiger partial charge on any atom is 0.308 e. The van der Waals surface area contributed by atoms with Gasteiger partial charge in [-0.1, -0.05) is 34.8 Å². The minimum absolute atomic E-state index is 0.00136. The van der Waals surface area contributed by atoms with Gasteiger partial charge in [0.25, 0.3) is 11.6 Å². The second-order valence-electron chi connectivity index (χ2n) is 4.73. The fraction of sp³-hybridized carbons (Fsp3) is 0.0667. The molecule has 0 atom stereocenters. The van der Waals surface area contributed by atoms with Gasteiger partial charge in [0.05, 0.1) is 21.2 Å². The van der Waals surface area contributed by atoms with Crippen molar-refractivity contribution < 1.29 is 19.2 Å². The van der Waals surface area contributed by atoms with Crippen molar-refractivity contribution in [2.75, 3.05) is 5.32 Å². The second kappa shape index (κ2) is 7.69. The Morgan fingerprint density at radius 3 is 2.40 bits per heavy atom. The van der Waals surface area contributed by atoms with Crippen molar-refractivity contribution in [2.24, 2.45) is 0 Å². The van der Waals surface area contributed by atoms with Gasteiger partial charge in [-0.3, -0.25) is 19.7 Å². The molecular formula is C15H9Cl3N2O5. The van der Waals surface area contributed by atoms with Crippen molar-refractivity contribution in [2.45, 2.75) is 6.92 Å². The summed E-state index contributed by atoms with van der Waals surface area (Å²) in [6.45, 7) is 1.18. The first-order chi connectivity index (χ1) is 11.7. The summed E-state index contributed by atoms with van der Waals surface area (Å²) < 4.78 is 4.96. The highest BCUT2D eigenvalue weighted by molar-refractivity contribution is 6.37. The van der Waals surface area contributed by atoms with Crippen LogP contribution in [0, 0.1) is 10.1 Å². The molecule has 0 aromatic heterocycles. The summed E-state index contributed by atoms with van der Waals surface area (Å²) in [6.07, 6.45) is 0. The third-order valence-electron chi connectivity index (χ3n) is 2.92. The van der Waals surface area contributed by atoms with Crippen molar-refractivity contribution >= 4 is 58.1 Å². The van der Waals surface area contributed by atoms with Gasteiger partial charge in [-0.15, -0.1) is 0 Å². The summed E-state index contributed by atoms with van der Waals surface area (Å²) in [4.78, 5) is 33.7. The highest BCUT2D eigenvalue weighted by Crippen LogP contribution is 2.34. The first kappa shape index (κ1) is 19.0. The molecule has 10 heteroatoms. The number of ether oxygens (including phenoxy) is 1. The molecule has 0 spiro atoms. The number of carbonyl (C=O) groups excluding carboxylic acids is 2. The Labute approximate surface area is 156 Å². The molecule has 0 aliphatic heterocycles. The average molecular weight is 404 g/mol. The first-order valence-corrected chi connectivity index (χ1v) is 7.75. The zero-order valence-electron chi connectivity index (χ0n) is 12.5. The molecule has 0 unspecified atom stereocenters. The fourth-order valence-corrected chi connectivity index (χ4v) is 2.50. The molecule has 0 aliphatic carbocycles. The Balaban J connectivity index is 2.37. The molecule has 25 heavy (non-hydrogen) atoms. The van der Waals surface area contributed by atoms with Crippen molar-refractivity contribution in [1.29, 1.82) is 0 Å². The normalized spacial score (nSPS) is 10.2. The van der Waals surface area contributed by atoms with Crippen molar-refractivity contribution in [3.63, 3.8) is 0 Å². The van der Waals surface area contributed by atoms with Crippen molar-refractivity contribution in [1.82, 2.24) is 0 Å². The second-order valence-corrected chi connectivity index (χ2v) is 5.98. The van der Waals surface area contributed by atoms with E-state index in [9.17, 15) is 19.7 Å². The largest absolute Gasteiger partial charge is 0.426 e. The van der Waals surface area contributed by atoms with Gasteiger partial charge in [0, 0.05) is 18.0 Å². The van der Waals surface area contributed by atoms with E-state index in [1.165, 1.54) is 25.1 Å². The van der Waals surface area contributed by atoms with Gasteiger partial charge in [-0.25, -0.2) is 0 Å². The molecule has 0 saturated heterocycles. The van der Waals surface area contributed by atoms with E-state index in [1.54, 1.807) is 0 Å². The summed E-state index contributed by atoms with van der Waals surface area (Å²) in [5, 5.41) is 13.2. The Bertz CT molecular complexity index is 886. The van der Waals surface area contributed by atoms with E-state index in [0.29, 0.717) is 0 Å². The Hall–Kier alpha value is -2.35. The molecule has 1 amide bonds. The molecule has 2 aromatic carbocycles. The molecule has 0 aliphatic rings. The monoisotopic (exact) mass is 402 g/mol. The van der Waals surface area contributed by atoms with Crippen LogP contribution >= 0.6 is 34.8 Å².